The number of hydrogen-bond donors (Lipinski definition) is 1. The van der Waals surface area contributed by atoms with Gasteiger partial charge in [-0.1, -0.05) is 35.9 Å². The topological polar surface area (TPSA) is 107 Å². The van der Waals surface area contributed by atoms with Crippen molar-refractivity contribution in [3.05, 3.63) is 102 Å². The highest BCUT2D eigenvalue weighted by molar-refractivity contribution is 7.86. The molecule has 0 unspecified atom stereocenters. The molecule has 0 fully saturated rings. The third kappa shape index (κ3) is 6.38. The van der Waals surface area contributed by atoms with Crippen LogP contribution in [0.1, 0.15) is 27.3 Å². The highest BCUT2D eigenvalue weighted by atomic mass is 32.2. The smallest absolute Gasteiger partial charge is 0.297 e. The Kier molecular flexibility index (Phi) is 7.95. The lowest BCUT2D eigenvalue weighted by Gasteiger charge is -2.16. The zero-order valence-corrected chi connectivity index (χ0v) is 21.6. The largest absolute Gasteiger partial charge is 0.490 e. The fourth-order valence-corrected chi connectivity index (χ4v) is 4.67. The molecule has 1 heterocycles. The molecule has 0 atom stereocenters. The molecule has 0 spiro atoms. The van der Waals surface area contributed by atoms with Gasteiger partial charge in [-0.05, 0) is 63.2 Å². The zero-order valence-electron chi connectivity index (χ0n) is 20.8. The summed E-state index contributed by atoms with van der Waals surface area (Å²) in [5.41, 5.74) is 4.96. The lowest BCUT2D eigenvalue weighted by molar-refractivity contribution is 0.102. The molecule has 0 aliphatic rings. The maximum atomic E-state index is 12.7. The summed E-state index contributed by atoms with van der Waals surface area (Å²) in [5.74, 6) is 0.239. The van der Waals surface area contributed by atoms with Crippen LogP contribution in [0.4, 0.5) is 5.69 Å². The van der Waals surface area contributed by atoms with E-state index >= 15 is 0 Å². The van der Waals surface area contributed by atoms with Crippen molar-refractivity contribution in [3.63, 3.8) is 0 Å². The summed E-state index contributed by atoms with van der Waals surface area (Å²) in [5, 5.41) is 2.90. The van der Waals surface area contributed by atoms with E-state index < -0.39 is 10.1 Å². The van der Waals surface area contributed by atoms with Crippen molar-refractivity contribution < 1.29 is 22.1 Å². The Morgan fingerprint density at radius 2 is 1.54 bits per heavy atom. The van der Waals surface area contributed by atoms with Crippen LogP contribution < -0.4 is 10.1 Å². The number of anilines is 1. The molecular formula is C28H27N3O5S. The van der Waals surface area contributed by atoms with E-state index in [0.717, 1.165) is 22.5 Å². The Hall–Kier alpha value is -4.08. The number of aromatic nitrogens is 2. The van der Waals surface area contributed by atoms with Crippen molar-refractivity contribution in [1.29, 1.82) is 0 Å². The first-order valence-corrected chi connectivity index (χ1v) is 13.0. The Bertz CT molecular complexity index is 1480. The van der Waals surface area contributed by atoms with Crippen molar-refractivity contribution in [2.24, 2.45) is 0 Å². The number of carbonyl (C=O) groups excluding carboxylic acids is 1. The van der Waals surface area contributed by atoms with Crippen molar-refractivity contribution in [2.75, 3.05) is 18.5 Å². The van der Waals surface area contributed by atoms with Crippen molar-refractivity contribution in [2.45, 2.75) is 25.7 Å². The fraction of sp³-hybridized carbons (Fsp3) is 0.179. The molecule has 0 radical (unpaired) electrons. The molecule has 4 rings (SSSR count). The molecule has 0 aliphatic heterocycles. The van der Waals surface area contributed by atoms with Gasteiger partial charge < -0.3 is 10.1 Å². The van der Waals surface area contributed by atoms with Gasteiger partial charge in [0.25, 0.3) is 16.0 Å². The van der Waals surface area contributed by atoms with Crippen molar-refractivity contribution >= 4 is 21.7 Å². The van der Waals surface area contributed by atoms with Crippen LogP contribution in [0.15, 0.2) is 84.0 Å². The number of amides is 1. The van der Waals surface area contributed by atoms with Crippen LogP contribution in [0.25, 0.3) is 11.1 Å². The lowest BCUT2D eigenvalue weighted by atomic mass is 10.0. The van der Waals surface area contributed by atoms with Gasteiger partial charge in [0.2, 0.25) is 0 Å². The first-order valence-electron chi connectivity index (χ1n) is 11.6. The molecule has 3 aromatic carbocycles. The van der Waals surface area contributed by atoms with Crippen LogP contribution in [0.2, 0.25) is 0 Å². The second kappa shape index (κ2) is 11.3. The summed E-state index contributed by atoms with van der Waals surface area (Å²) < 4.78 is 36.0. The second-order valence-electron chi connectivity index (χ2n) is 8.39. The quantitative estimate of drug-likeness (QED) is 0.243. The number of rotatable bonds is 9. The van der Waals surface area contributed by atoms with E-state index in [4.69, 9.17) is 8.92 Å². The lowest BCUT2D eigenvalue weighted by Crippen LogP contribution is -2.14. The van der Waals surface area contributed by atoms with Gasteiger partial charge in [-0.25, -0.2) is 9.97 Å². The minimum atomic E-state index is -3.90. The van der Waals surface area contributed by atoms with Crippen LogP contribution in [0.5, 0.6) is 5.75 Å². The molecule has 8 nitrogen and oxygen atoms in total. The normalized spacial score (nSPS) is 11.2. The number of nitrogens with one attached hydrogen (secondary N) is 1. The molecule has 0 aliphatic carbocycles. The van der Waals surface area contributed by atoms with E-state index in [1.54, 1.807) is 54.6 Å². The van der Waals surface area contributed by atoms with E-state index in [0.29, 0.717) is 22.6 Å². The van der Waals surface area contributed by atoms with Crippen LogP contribution in [-0.2, 0) is 14.3 Å². The maximum Gasteiger partial charge on any atom is 0.297 e. The molecule has 0 saturated carbocycles. The van der Waals surface area contributed by atoms with Gasteiger partial charge in [0.15, 0.2) is 0 Å². The van der Waals surface area contributed by atoms with Crippen LogP contribution in [-0.4, -0.2) is 37.5 Å². The van der Waals surface area contributed by atoms with Gasteiger partial charge >= 0.3 is 0 Å². The van der Waals surface area contributed by atoms with Gasteiger partial charge in [0.05, 0.1) is 4.90 Å². The summed E-state index contributed by atoms with van der Waals surface area (Å²) in [6.45, 7) is 5.41. The number of aryl methyl sites for hydroxylation is 3. The molecule has 0 bridgehead atoms. The highest BCUT2D eigenvalue weighted by Gasteiger charge is 2.17. The van der Waals surface area contributed by atoms with Gasteiger partial charge in [-0.15, -0.1) is 0 Å². The van der Waals surface area contributed by atoms with Crippen molar-refractivity contribution in [1.82, 2.24) is 9.97 Å². The number of nitrogens with zero attached hydrogens (tertiary/aromatic N) is 2. The van der Waals surface area contributed by atoms with E-state index in [9.17, 15) is 13.2 Å². The second-order valence-corrected chi connectivity index (χ2v) is 10.0. The molecule has 1 aromatic heterocycles. The summed E-state index contributed by atoms with van der Waals surface area (Å²) in [6, 6.07) is 20.6. The van der Waals surface area contributed by atoms with E-state index in [-0.39, 0.29) is 24.0 Å². The minimum absolute atomic E-state index is 0.0143. The minimum Gasteiger partial charge on any atom is -0.490 e. The fourth-order valence-electron chi connectivity index (χ4n) is 3.77. The SMILES string of the molecule is Cc1ccc(S(=O)(=O)OCCOc2ccc(NC(=O)c3ccccc3)cc2-c2c(C)ncnc2C)cc1. The maximum absolute atomic E-state index is 12.7. The van der Waals surface area contributed by atoms with E-state index in [1.165, 1.54) is 18.5 Å². The third-order valence-electron chi connectivity index (χ3n) is 5.66. The van der Waals surface area contributed by atoms with Crippen LogP contribution in [0, 0.1) is 20.8 Å². The monoisotopic (exact) mass is 517 g/mol. The van der Waals surface area contributed by atoms with Crippen LogP contribution >= 0.6 is 0 Å². The average molecular weight is 518 g/mol. The summed E-state index contributed by atoms with van der Waals surface area (Å²) in [7, 11) is -3.90. The first-order chi connectivity index (χ1) is 17.7. The molecule has 9 heteroatoms. The highest BCUT2D eigenvalue weighted by Crippen LogP contribution is 2.35. The zero-order chi connectivity index (χ0) is 26.4. The van der Waals surface area contributed by atoms with E-state index in [2.05, 4.69) is 15.3 Å². The first kappa shape index (κ1) is 26.0. The molecule has 37 heavy (non-hydrogen) atoms. The standard InChI is InChI=1S/C28H27N3O5S/c1-19-9-12-24(13-10-19)37(33,34)36-16-15-35-26-14-11-23(31-28(32)22-7-5-4-6-8-22)17-25(26)27-20(2)29-18-30-21(27)3/h4-14,17-18H,15-16H2,1-3H3,(H,31,32). The summed E-state index contributed by atoms with van der Waals surface area (Å²) in [4.78, 5) is 21.4. The van der Waals surface area contributed by atoms with Crippen molar-refractivity contribution in [3.8, 4) is 16.9 Å². The van der Waals surface area contributed by atoms with Crippen LogP contribution in [0.3, 0.4) is 0 Å². The average Bonchev–Trinajstić information content (AvgIpc) is 2.88. The number of carbonyl (C=O) groups is 1. The van der Waals surface area contributed by atoms with Gasteiger partial charge in [-0.2, -0.15) is 8.42 Å². The number of ether oxygens (including phenoxy) is 1. The van der Waals surface area contributed by atoms with E-state index in [1.807, 2.05) is 26.8 Å². The summed E-state index contributed by atoms with van der Waals surface area (Å²) >= 11 is 0. The van der Waals surface area contributed by atoms with Gasteiger partial charge in [0.1, 0.15) is 25.3 Å². The Morgan fingerprint density at radius 3 is 2.22 bits per heavy atom. The summed E-state index contributed by atoms with van der Waals surface area (Å²) in [6.07, 6.45) is 1.49. The Morgan fingerprint density at radius 1 is 0.865 bits per heavy atom. The number of hydrogen-bond acceptors (Lipinski definition) is 7. The predicted molar refractivity (Wildman–Crippen MR) is 141 cm³/mol. The molecule has 190 valence electrons. The van der Waals surface area contributed by atoms with Gasteiger partial charge in [-0.3, -0.25) is 8.98 Å². The number of benzene rings is 3. The Labute approximate surface area is 216 Å². The predicted octanol–water partition coefficient (Wildman–Crippen LogP) is 5.11. The third-order valence-corrected chi connectivity index (χ3v) is 6.98. The van der Waals surface area contributed by atoms with Gasteiger partial charge in [0, 0.05) is 33.8 Å². The molecular weight excluding hydrogens is 490 g/mol. The molecule has 0 saturated heterocycles. The molecule has 1 amide bonds. The molecule has 1 N–H and O–H groups in total. The molecule has 4 aromatic rings. The Balaban J connectivity index is 1.54.